The molecule has 1 fully saturated rings. The van der Waals surface area contributed by atoms with Crippen LogP contribution >= 0.6 is 24.0 Å². The van der Waals surface area contributed by atoms with E-state index in [1.807, 2.05) is 23.9 Å². The monoisotopic (exact) mass is 267 g/mol. The van der Waals surface area contributed by atoms with Crippen LogP contribution in [0.4, 0.5) is 0 Å². The molecular formula is C12H17N3S2. The molecule has 0 saturated carbocycles. The predicted molar refractivity (Wildman–Crippen MR) is 77.3 cm³/mol. The molecular weight excluding hydrogens is 250 g/mol. The number of pyridine rings is 1. The summed E-state index contributed by atoms with van der Waals surface area (Å²) in [4.78, 5) is 7.00. The molecule has 0 bridgehead atoms. The maximum atomic E-state index is 5.59. The summed E-state index contributed by atoms with van der Waals surface area (Å²) in [5, 5.41) is 0.723. The highest BCUT2D eigenvalue weighted by Gasteiger charge is 2.16. The molecule has 0 spiro atoms. The third kappa shape index (κ3) is 3.66. The summed E-state index contributed by atoms with van der Waals surface area (Å²) in [6.07, 6.45) is 1.78. The van der Waals surface area contributed by atoms with Gasteiger partial charge in [0.2, 0.25) is 0 Å². The lowest BCUT2D eigenvalue weighted by atomic mass is 10.2. The van der Waals surface area contributed by atoms with E-state index in [4.69, 9.17) is 18.0 Å². The summed E-state index contributed by atoms with van der Waals surface area (Å²) in [5.41, 5.74) is 7.55. The van der Waals surface area contributed by atoms with E-state index in [-0.39, 0.29) is 0 Å². The fourth-order valence-electron chi connectivity index (χ4n) is 2.00. The van der Waals surface area contributed by atoms with Gasteiger partial charge in [-0.3, -0.25) is 9.88 Å². The first kappa shape index (κ1) is 12.8. The zero-order valence-corrected chi connectivity index (χ0v) is 11.6. The highest BCUT2D eigenvalue weighted by Crippen LogP contribution is 2.19. The molecule has 92 valence electrons. The van der Waals surface area contributed by atoms with E-state index in [1.54, 1.807) is 6.20 Å². The van der Waals surface area contributed by atoms with Crippen LogP contribution in [0.3, 0.4) is 0 Å². The van der Waals surface area contributed by atoms with Crippen molar-refractivity contribution in [3.05, 3.63) is 29.6 Å². The molecule has 1 atom stereocenters. The number of thiocarbonyl (C=S) groups is 1. The van der Waals surface area contributed by atoms with Gasteiger partial charge < -0.3 is 5.73 Å². The molecule has 0 aromatic carbocycles. The third-order valence-corrected chi connectivity index (χ3v) is 4.15. The Morgan fingerprint density at radius 3 is 3.24 bits per heavy atom. The Hall–Kier alpha value is -0.650. The lowest BCUT2D eigenvalue weighted by molar-refractivity contribution is 0.278. The predicted octanol–water partition coefficient (Wildman–Crippen LogP) is 1.65. The summed E-state index contributed by atoms with van der Waals surface area (Å²) in [5.74, 6) is 1.22. The molecule has 1 aromatic rings. The van der Waals surface area contributed by atoms with Gasteiger partial charge in [0.1, 0.15) is 4.99 Å². The summed E-state index contributed by atoms with van der Waals surface area (Å²) >= 11 is 6.99. The Labute approximate surface area is 112 Å². The van der Waals surface area contributed by atoms with Crippen molar-refractivity contribution in [1.29, 1.82) is 0 Å². The summed E-state index contributed by atoms with van der Waals surface area (Å²) in [6, 6.07) is 4.03. The Balaban J connectivity index is 2.02. The molecule has 0 radical (unpaired) electrons. The standard InChI is InChI=1S/C12H17N3S2/c1-9-7-15(4-5-17-9)8-10-2-3-14-11(6-10)12(13)16/h2-3,6,9H,4-5,7-8H2,1H3,(H2,13,16). The molecule has 2 N–H and O–H groups in total. The second-order valence-corrected chi connectivity index (χ2v) is 6.32. The van der Waals surface area contributed by atoms with Crippen LogP contribution in [-0.4, -0.2) is 39.0 Å². The quantitative estimate of drug-likeness (QED) is 0.844. The minimum Gasteiger partial charge on any atom is -0.388 e. The van der Waals surface area contributed by atoms with Crippen LogP contribution in [0.2, 0.25) is 0 Å². The second-order valence-electron chi connectivity index (χ2n) is 4.33. The molecule has 2 heterocycles. The third-order valence-electron chi connectivity index (χ3n) is 2.81. The van der Waals surface area contributed by atoms with Crippen LogP contribution in [0.5, 0.6) is 0 Å². The van der Waals surface area contributed by atoms with Crippen LogP contribution in [0.1, 0.15) is 18.2 Å². The van der Waals surface area contributed by atoms with Gasteiger partial charge in [-0.15, -0.1) is 0 Å². The molecule has 0 amide bonds. The van der Waals surface area contributed by atoms with Crippen molar-refractivity contribution in [2.75, 3.05) is 18.8 Å². The van der Waals surface area contributed by atoms with Gasteiger partial charge in [0.25, 0.3) is 0 Å². The van der Waals surface area contributed by atoms with Crippen LogP contribution in [0.15, 0.2) is 18.3 Å². The molecule has 17 heavy (non-hydrogen) atoms. The van der Waals surface area contributed by atoms with Crippen LogP contribution in [0, 0.1) is 0 Å². The fraction of sp³-hybridized carbons (Fsp3) is 0.500. The summed E-state index contributed by atoms with van der Waals surface area (Å²) < 4.78 is 0. The number of hydrogen-bond donors (Lipinski definition) is 1. The molecule has 1 saturated heterocycles. The first-order valence-corrected chi connectivity index (χ1v) is 7.19. The van der Waals surface area contributed by atoms with Crippen molar-refractivity contribution in [2.45, 2.75) is 18.7 Å². The van der Waals surface area contributed by atoms with Gasteiger partial charge in [-0.25, -0.2) is 0 Å². The molecule has 1 unspecified atom stereocenters. The zero-order chi connectivity index (χ0) is 12.3. The van der Waals surface area contributed by atoms with E-state index >= 15 is 0 Å². The Bertz CT molecular complexity index is 408. The molecule has 2 rings (SSSR count). The number of rotatable bonds is 3. The number of thioether (sulfide) groups is 1. The minimum atomic E-state index is 0.370. The van der Waals surface area contributed by atoms with E-state index in [9.17, 15) is 0 Å². The Morgan fingerprint density at radius 2 is 2.53 bits per heavy atom. The van der Waals surface area contributed by atoms with Crippen molar-refractivity contribution in [2.24, 2.45) is 5.73 Å². The van der Waals surface area contributed by atoms with E-state index < -0.39 is 0 Å². The van der Waals surface area contributed by atoms with Crippen LogP contribution in [-0.2, 0) is 6.54 Å². The normalized spacial score (nSPS) is 21.4. The van der Waals surface area contributed by atoms with Crippen molar-refractivity contribution in [3.63, 3.8) is 0 Å². The van der Waals surface area contributed by atoms with E-state index in [0.717, 1.165) is 30.6 Å². The van der Waals surface area contributed by atoms with Gasteiger partial charge >= 0.3 is 0 Å². The lowest BCUT2D eigenvalue weighted by Crippen LogP contribution is -2.36. The van der Waals surface area contributed by atoms with E-state index in [2.05, 4.69) is 16.8 Å². The fourth-order valence-corrected chi connectivity index (χ4v) is 3.19. The maximum Gasteiger partial charge on any atom is 0.122 e. The van der Waals surface area contributed by atoms with Gasteiger partial charge in [-0.1, -0.05) is 19.1 Å². The molecule has 1 aliphatic rings. The molecule has 1 aromatic heterocycles. The van der Waals surface area contributed by atoms with Crippen molar-refractivity contribution < 1.29 is 0 Å². The van der Waals surface area contributed by atoms with E-state index in [0.29, 0.717) is 4.99 Å². The maximum absolute atomic E-state index is 5.59. The smallest absolute Gasteiger partial charge is 0.122 e. The largest absolute Gasteiger partial charge is 0.388 e. The van der Waals surface area contributed by atoms with E-state index in [1.165, 1.54) is 11.3 Å². The average molecular weight is 267 g/mol. The zero-order valence-electron chi connectivity index (χ0n) is 9.93. The van der Waals surface area contributed by atoms with Crippen LogP contribution < -0.4 is 5.73 Å². The molecule has 3 nitrogen and oxygen atoms in total. The Kier molecular flexibility index (Phi) is 4.36. The first-order chi connectivity index (χ1) is 8.15. The van der Waals surface area contributed by atoms with Gasteiger partial charge in [-0.2, -0.15) is 11.8 Å². The highest BCUT2D eigenvalue weighted by atomic mass is 32.2. The first-order valence-electron chi connectivity index (χ1n) is 5.74. The van der Waals surface area contributed by atoms with Crippen molar-refractivity contribution in [3.8, 4) is 0 Å². The van der Waals surface area contributed by atoms with Gasteiger partial charge in [0, 0.05) is 36.8 Å². The average Bonchev–Trinajstić information content (AvgIpc) is 2.29. The van der Waals surface area contributed by atoms with Crippen molar-refractivity contribution >= 4 is 29.0 Å². The van der Waals surface area contributed by atoms with Crippen molar-refractivity contribution in [1.82, 2.24) is 9.88 Å². The Morgan fingerprint density at radius 1 is 1.71 bits per heavy atom. The topological polar surface area (TPSA) is 42.2 Å². The number of nitrogens with zero attached hydrogens (tertiary/aromatic N) is 2. The number of hydrogen-bond acceptors (Lipinski definition) is 4. The number of nitrogens with two attached hydrogens (primary N) is 1. The van der Waals surface area contributed by atoms with Gasteiger partial charge in [0.15, 0.2) is 0 Å². The summed E-state index contributed by atoms with van der Waals surface area (Å²) in [7, 11) is 0. The summed E-state index contributed by atoms with van der Waals surface area (Å²) in [6.45, 7) is 5.54. The van der Waals surface area contributed by atoms with Gasteiger partial charge in [-0.05, 0) is 17.7 Å². The van der Waals surface area contributed by atoms with Crippen LogP contribution in [0.25, 0.3) is 0 Å². The van der Waals surface area contributed by atoms with Gasteiger partial charge in [0.05, 0.1) is 5.69 Å². The molecule has 1 aliphatic heterocycles. The highest BCUT2D eigenvalue weighted by molar-refractivity contribution is 7.99. The molecule has 5 heteroatoms. The second kappa shape index (κ2) is 5.80. The number of aromatic nitrogens is 1. The minimum absolute atomic E-state index is 0.370. The SMILES string of the molecule is CC1CN(Cc2ccnc(C(N)=S)c2)CCS1. The lowest BCUT2D eigenvalue weighted by Gasteiger charge is -2.30. The molecule has 0 aliphatic carbocycles.